The summed E-state index contributed by atoms with van der Waals surface area (Å²) in [6, 6.07) is 14.3. The average molecular weight is 373 g/mol. The lowest BCUT2D eigenvalue weighted by atomic mass is 10.1. The molecular formula is C18H17BrN2O2. The average Bonchev–Trinajstić information content (AvgIpc) is 3.11. The zero-order valence-electron chi connectivity index (χ0n) is 12.6. The Hall–Kier alpha value is -2.14. The first-order chi connectivity index (χ1) is 11.1. The predicted octanol–water partition coefficient (Wildman–Crippen LogP) is 3.94. The van der Waals surface area contributed by atoms with Gasteiger partial charge in [0, 0.05) is 34.4 Å². The molecule has 3 rings (SSSR count). The maximum absolute atomic E-state index is 12.4. The minimum absolute atomic E-state index is 0.000733. The Labute approximate surface area is 143 Å². The summed E-state index contributed by atoms with van der Waals surface area (Å²) in [7, 11) is 0. The van der Waals surface area contributed by atoms with Crippen LogP contribution in [0.3, 0.4) is 0 Å². The first-order valence-electron chi connectivity index (χ1n) is 7.60. The van der Waals surface area contributed by atoms with E-state index in [2.05, 4.69) is 21.2 Å². The van der Waals surface area contributed by atoms with Crippen molar-refractivity contribution in [3.8, 4) is 0 Å². The number of likely N-dealkylation sites (tertiary alicyclic amines) is 1. The molecule has 2 amide bonds. The van der Waals surface area contributed by atoms with Gasteiger partial charge in [0.25, 0.3) is 11.8 Å². The maximum Gasteiger partial charge on any atom is 0.255 e. The van der Waals surface area contributed by atoms with Crippen LogP contribution in [0.4, 0.5) is 5.69 Å². The summed E-state index contributed by atoms with van der Waals surface area (Å²) in [6.45, 7) is 1.60. The molecule has 2 aromatic rings. The Morgan fingerprint density at radius 1 is 0.957 bits per heavy atom. The molecule has 0 saturated carbocycles. The third-order valence-corrected chi connectivity index (χ3v) is 4.40. The first-order valence-corrected chi connectivity index (χ1v) is 8.39. The van der Waals surface area contributed by atoms with E-state index < -0.39 is 0 Å². The molecule has 1 aliphatic heterocycles. The van der Waals surface area contributed by atoms with Gasteiger partial charge in [0.15, 0.2) is 0 Å². The van der Waals surface area contributed by atoms with Gasteiger partial charge < -0.3 is 10.2 Å². The van der Waals surface area contributed by atoms with Gasteiger partial charge in [-0.15, -0.1) is 0 Å². The molecule has 0 spiro atoms. The van der Waals surface area contributed by atoms with Crippen molar-refractivity contribution in [2.75, 3.05) is 18.4 Å². The number of rotatable bonds is 3. The number of hydrogen-bond acceptors (Lipinski definition) is 2. The number of carbonyl (C=O) groups excluding carboxylic acids is 2. The summed E-state index contributed by atoms with van der Waals surface area (Å²) in [5.74, 6) is -0.218. The van der Waals surface area contributed by atoms with E-state index in [0.717, 1.165) is 36.1 Å². The van der Waals surface area contributed by atoms with Gasteiger partial charge in [-0.3, -0.25) is 9.59 Å². The van der Waals surface area contributed by atoms with E-state index in [-0.39, 0.29) is 11.8 Å². The monoisotopic (exact) mass is 372 g/mol. The number of nitrogens with one attached hydrogen (secondary N) is 1. The van der Waals surface area contributed by atoms with Crippen LogP contribution in [0.15, 0.2) is 53.0 Å². The second-order valence-electron chi connectivity index (χ2n) is 5.54. The molecule has 0 aliphatic carbocycles. The summed E-state index contributed by atoms with van der Waals surface area (Å²) in [6.07, 6.45) is 2.10. The molecule has 0 unspecified atom stereocenters. The van der Waals surface area contributed by atoms with Crippen molar-refractivity contribution in [3.63, 3.8) is 0 Å². The van der Waals surface area contributed by atoms with Crippen molar-refractivity contribution in [1.29, 1.82) is 0 Å². The summed E-state index contributed by atoms with van der Waals surface area (Å²) in [5.41, 5.74) is 1.77. The number of hydrogen-bond donors (Lipinski definition) is 1. The molecule has 1 aliphatic rings. The second kappa shape index (κ2) is 6.96. The Bertz CT molecular complexity index is 722. The topological polar surface area (TPSA) is 49.4 Å². The SMILES string of the molecule is O=C(Nc1ccc(Br)cc1)c1cccc(C(=O)N2CCCC2)c1. The Kier molecular flexibility index (Phi) is 4.76. The van der Waals surface area contributed by atoms with Crippen LogP contribution in [0.2, 0.25) is 0 Å². The molecule has 23 heavy (non-hydrogen) atoms. The van der Waals surface area contributed by atoms with Crippen molar-refractivity contribution in [2.24, 2.45) is 0 Å². The highest BCUT2D eigenvalue weighted by Gasteiger charge is 2.20. The van der Waals surface area contributed by atoms with Gasteiger partial charge in [0.1, 0.15) is 0 Å². The highest BCUT2D eigenvalue weighted by atomic mass is 79.9. The molecule has 1 saturated heterocycles. The van der Waals surface area contributed by atoms with Crippen molar-refractivity contribution in [1.82, 2.24) is 4.90 Å². The largest absolute Gasteiger partial charge is 0.339 e. The van der Waals surface area contributed by atoms with Crippen molar-refractivity contribution >= 4 is 33.4 Å². The third kappa shape index (κ3) is 3.79. The molecule has 1 heterocycles. The van der Waals surface area contributed by atoms with Crippen LogP contribution < -0.4 is 5.32 Å². The van der Waals surface area contributed by atoms with Gasteiger partial charge in [0.05, 0.1) is 0 Å². The lowest BCUT2D eigenvalue weighted by Crippen LogP contribution is -2.27. The Morgan fingerprint density at radius 3 is 2.30 bits per heavy atom. The molecule has 0 atom stereocenters. The molecule has 1 fully saturated rings. The number of halogens is 1. The highest BCUT2D eigenvalue weighted by Crippen LogP contribution is 2.17. The number of carbonyl (C=O) groups is 2. The molecule has 1 N–H and O–H groups in total. The lowest BCUT2D eigenvalue weighted by Gasteiger charge is -2.15. The predicted molar refractivity (Wildman–Crippen MR) is 93.7 cm³/mol. The van der Waals surface area contributed by atoms with Crippen LogP contribution >= 0.6 is 15.9 Å². The normalized spacial score (nSPS) is 13.9. The van der Waals surface area contributed by atoms with Crippen LogP contribution in [0.1, 0.15) is 33.6 Å². The fourth-order valence-corrected chi connectivity index (χ4v) is 2.90. The lowest BCUT2D eigenvalue weighted by molar-refractivity contribution is 0.0793. The van der Waals surface area contributed by atoms with Gasteiger partial charge in [-0.05, 0) is 55.3 Å². The smallest absolute Gasteiger partial charge is 0.255 e. The third-order valence-electron chi connectivity index (χ3n) is 3.87. The van der Waals surface area contributed by atoms with Gasteiger partial charge in [-0.1, -0.05) is 22.0 Å². The zero-order chi connectivity index (χ0) is 16.2. The van der Waals surface area contributed by atoms with Crippen molar-refractivity contribution < 1.29 is 9.59 Å². The van der Waals surface area contributed by atoms with E-state index in [1.807, 2.05) is 29.2 Å². The molecule has 2 aromatic carbocycles. The van der Waals surface area contributed by atoms with Crippen LogP contribution in [-0.4, -0.2) is 29.8 Å². The number of benzene rings is 2. The minimum Gasteiger partial charge on any atom is -0.339 e. The van der Waals surface area contributed by atoms with E-state index in [0.29, 0.717) is 11.1 Å². The van der Waals surface area contributed by atoms with Crippen LogP contribution in [0.25, 0.3) is 0 Å². The van der Waals surface area contributed by atoms with E-state index in [1.54, 1.807) is 24.3 Å². The standard InChI is InChI=1S/C18H17BrN2O2/c19-15-6-8-16(9-7-15)20-17(22)13-4-3-5-14(12-13)18(23)21-10-1-2-11-21/h3-9,12H,1-2,10-11H2,(H,20,22). The molecule has 118 valence electrons. The van der Waals surface area contributed by atoms with Crippen molar-refractivity contribution in [3.05, 3.63) is 64.1 Å². The van der Waals surface area contributed by atoms with Crippen molar-refractivity contribution in [2.45, 2.75) is 12.8 Å². The second-order valence-corrected chi connectivity index (χ2v) is 6.46. The molecule has 0 bridgehead atoms. The van der Waals surface area contributed by atoms with Gasteiger partial charge >= 0.3 is 0 Å². The molecular weight excluding hydrogens is 356 g/mol. The fourth-order valence-electron chi connectivity index (χ4n) is 2.63. The van der Waals surface area contributed by atoms with E-state index >= 15 is 0 Å². The van der Waals surface area contributed by atoms with Gasteiger partial charge in [0.2, 0.25) is 0 Å². The van der Waals surface area contributed by atoms with Gasteiger partial charge in [-0.25, -0.2) is 0 Å². The molecule has 4 nitrogen and oxygen atoms in total. The minimum atomic E-state index is -0.219. The molecule has 0 radical (unpaired) electrons. The quantitative estimate of drug-likeness (QED) is 0.886. The number of anilines is 1. The Morgan fingerprint density at radius 2 is 1.61 bits per heavy atom. The molecule has 5 heteroatoms. The van der Waals surface area contributed by atoms with Crippen LogP contribution in [0, 0.1) is 0 Å². The summed E-state index contributed by atoms with van der Waals surface area (Å²) >= 11 is 3.36. The van der Waals surface area contributed by atoms with Crippen LogP contribution in [-0.2, 0) is 0 Å². The number of amides is 2. The van der Waals surface area contributed by atoms with Gasteiger partial charge in [-0.2, -0.15) is 0 Å². The zero-order valence-corrected chi connectivity index (χ0v) is 14.2. The van der Waals surface area contributed by atoms with Crippen LogP contribution in [0.5, 0.6) is 0 Å². The summed E-state index contributed by atoms with van der Waals surface area (Å²) in [5, 5.41) is 2.84. The highest BCUT2D eigenvalue weighted by molar-refractivity contribution is 9.10. The number of nitrogens with zero attached hydrogens (tertiary/aromatic N) is 1. The fraction of sp³-hybridized carbons (Fsp3) is 0.222. The summed E-state index contributed by atoms with van der Waals surface area (Å²) < 4.78 is 0.953. The van der Waals surface area contributed by atoms with E-state index in [9.17, 15) is 9.59 Å². The van der Waals surface area contributed by atoms with E-state index in [1.165, 1.54) is 0 Å². The van der Waals surface area contributed by atoms with E-state index in [4.69, 9.17) is 0 Å². The molecule has 0 aromatic heterocycles. The summed E-state index contributed by atoms with van der Waals surface area (Å²) in [4.78, 5) is 26.6. The maximum atomic E-state index is 12.4. The Balaban J connectivity index is 1.74. The first kappa shape index (κ1) is 15.7.